The van der Waals surface area contributed by atoms with Gasteiger partial charge in [0.15, 0.2) is 6.29 Å². The molecule has 1 heterocycles. The molecule has 0 bridgehead atoms. The van der Waals surface area contributed by atoms with Crippen molar-refractivity contribution < 1.29 is 10.2 Å². The van der Waals surface area contributed by atoms with Crippen LogP contribution >= 0.6 is 0 Å². The van der Waals surface area contributed by atoms with E-state index in [0.29, 0.717) is 11.6 Å². The maximum Gasteiger partial charge on any atom is 0.195 e. The fourth-order valence-corrected chi connectivity index (χ4v) is 1.32. The molecule has 0 aliphatic heterocycles. The van der Waals surface area contributed by atoms with Crippen LogP contribution in [0.1, 0.15) is 36.4 Å². The largest absolute Gasteiger partial charge is 0.363 e. The molecule has 2 N–H and O–H groups in total. The van der Waals surface area contributed by atoms with Crippen LogP contribution in [0.25, 0.3) is 0 Å². The van der Waals surface area contributed by atoms with Gasteiger partial charge in [-0.3, -0.25) is 4.68 Å². The third-order valence-corrected chi connectivity index (χ3v) is 2.20. The maximum atomic E-state index is 8.91. The number of aliphatic hydroxyl groups excluding tert-OH is 1. The predicted octanol–water partition coefficient (Wildman–Crippen LogP) is 0.281. The van der Waals surface area contributed by atoms with Crippen molar-refractivity contribution in [3.05, 3.63) is 17.5 Å². The molecule has 0 aromatic carbocycles. The van der Waals surface area contributed by atoms with E-state index >= 15 is 0 Å². The average molecular weight is 168 g/mol. The Balaban J connectivity index is 2.30. The predicted molar refractivity (Wildman–Crippen MR) is 42.4 cm³/mol. The van der Waals surface area contributed by atoms with Crippen molar-refractivity contribution in [2.24, 2.45) is 7.05 Å². The molecule has 1 aliphatic carbocycles. The minimum atomic E-state index is -1.41. The molecule has 2 rings (SSSR count). The molecule has 1 aliphatic rings. The Hall–Kier alpha value is -0.870. The van der Waals surface area contributed by atoms with E-state index < -0.39 is 6.29 Å². The van der Waals surface area contributed by atoms with Gasteiger partial charge in [0, 0.05) is 13.0 Å². The summed E-state index contributed by atoms with van der Waals surface area (Å²) in [6.45, 7) is 0. The maximum absolute atomic E-state index is 8.91. The first-order valence-corrected chi connectivity index (χ1v) is 4.08. The second-order valence-electron chi connectivity index (χ2n) is 3.27. The van der Waals surface area contributed by atoms with Gasteiger partial charge in [-0.2, -0.15) is 5.10 Å². The monoisotopic (exact) mass is 168 g/mol. The summed E-state index contributed by atoms with van der Waals surface area (Å²) in [5, 5.41) is 22.0. The summed E-state index contributed by atoms with van der Waals surface area (Å²) in [6.07, 6.45) is 0.950. The molecule has 1 aromatic rings. The third-order valence-electron chi connectivity index (χ3n) is 2.20. The molecule has 0 amide bonds. The molecule has 0 spiro atoms. The zero-order chi connectivity index (χ0) is 8.72. The van der Waals surface area contributed by atoms with Crippen LogP contribution in [0.2, 0.25) is 0 Å². The summed E-state index contributed by atoms with van der Waals surface area (Å²) in [5.41, 5.74) is 1.46. The quantitative estimate of drug-likeness (QED) is 0.623. The third kappa shape index (κ3) is 1.23. The van der Waals surface area contributed by atoms with Crippen LogP contribution in [0.4, 0.5) is 0 Å². The zero-order valence-corrected chi connectivity index (χ0v) is 6.94. The van der Waals surface area contributed by atoms with Crippen molar-refractivity contribution in [2.75, 3.05) is 0 Å². The summed E-state index contributed by atoms with van der Waals surface area (Å²) in [5.74, 6) is 0.559. The van der Waals surface area contributed by atoms with Crippen molar-refractivity contribution >= 4 is 0 Å². The molecule has 66 valence electrons. The van der Waals surface area contributed by atoms with E-state index in [2.05, 4.69) is 5.10 Å². The molecule has 0 saturated heterocycles. The lowest BCUT2D eigenvalue weighted by molar-refractivity contribution is -0.0484. The highest BCUT2D eigenvalue weighted by atomic mass is 16.5. The first kappa shape index (κ1) is 7.76. The lowest BCUT2D eigenvalue weighted by atomic mass is 10.2. The van der Waals surface area contributed by atoms with Crippen molar-refractivity contribution in [1.29, 1.82) is 0 Å². The molecule has 0 radical (unpaired) electrons. The van der Waals surface area contributed by atoms with Crippen LogP contribution in [-0.4, -0.2) is 20.0 Å². The van der Waals surface area contributed by atoms with Gasteiger partial charge in [-0.1, -0.05) is 0 Å². The molecule has 4 nitrogen and oxygen atoms in total. The summed E-state index contributed by atoms with van der Waals surface area (Å²) >= 11 is 0. The lowest BCUT2D eigenvalue weighted by Crippen LogP contribution is -2.03. The Morgan fingerprint density at radius 1 is 1.58 bits per heavy atom. The Bertz CT molecular complexity index is 289. The van der Waals surface area contributed by atoms with Gasteiger partial charge < -0.3 is 10.2 Å². The standard InChI is InChI=1S/C8H12N2O2/c1-10-7(8(11)12)4-6(9-10)5-2-3-5/h4-5,8,11-12H,2-3H2,1H3. The van der Waals surface area contributed by atoms with Gasteiger partial charge >= 0.3 is 0 Å². The molecule has 1 fully saturated rings. The Kier molecular flexibility index (Phi) is 1.66. The minimum absolute atomic E-state index is 0.469. The van der Waals surface area contributed by atoms with E-state index in [4.69, 9.17) is 10.2 Å². The van der Waals surface area contributed by atoms with Crippen LogP contribution in [-0.2, 0) is 7.05 Å². The van der Waals surface area contributed by atoms with Crippen LogP contribution in [0.3, 0.4) is 0 Å². The summed E-state index contributed by atoms with van der Waals surface area (Å²) in [4.78, 5) is 0. The normalized spacial score (nSPS) is 17.3. The van der Waals surface area contributed by atoms with E-state index in [9.17, 15) is 0 Å². The van der Waals surface area contributed by atoms with E-state index in [-0.39, 0.29) is 0 Å². The van der Waals surface area contributed by atoms with E-state index in [0.717, 1.165) is 5.69 Å². The van der Waals surface area contributed by atoms with E-state index in [1.165, 1.54) is 17.5 Å². The second-order valence-corrected chi connectivity index (χ2v) is 3.27. The molecule has 1 saturated carbocycles. The van der Waals surface area contributed by atoms with E-state index in [1.54, 1.807) is 13.1 Å². The van der Waals surface area contributed by atoms with Crippen molar-refractivity contribution in [2.45, 2.75) is 25.0 Å². The number of hydrogen-bond acceptors (Lipinski definition) is 3. The summed E-state index contributed by atoms with van der Waals surface area (Å²) in [6, 6.07) is 1.77. The molecule has 1 aromatic heterocycles. The molecule has 4 heteroatoms. The van der Waals surface area contributed by atoms with Gasteiger partial charge in [0.25, 0.3) is 0 Å². The van der Waals surface area contributed by atoms with Gasteiger partial charge in [0.05, 0.1) is 11.4 Å². The van der Waals surface area contributed by atoms with Crippen LogP contribution < -0.4 is 0 Å². The number of aryl methyl sites for hydroxylation is 1. The number of aliphatic hydroxyl groups is 2. The highest BCUT2D eigenvalue weighted by Crippen LogP contribution is 2.39. The molecule has 0 unspecified atom stereocenters. The van der Waals surface area contributed by atoms with Gasteiger partial charge in [0.1, 0.15) is 0 Å². The number of aromatic nitrogens is 2. The average Bonchev–Trinajstić information content (AvgIpc) is 2.75. The number of nitrogens with zero attached hydrogens (tertiary/aromatic N) is 2. The van der Waals surface area contributed by atoms with Gasteiger partial charge in [-0.05, 0) is 18.9 Å². The van der Waals surface area contributed by atoms with E-state index in [1.807, 2.05) is 0 Å². The van der Waals surface area contributed by atoms with Gasteiger partial charge in [0.2, 0.25) is 0 Å². The minimum Gasteiger partial charge on any atom is -0.363 e. The van der Waals surface area contributed by atoms with Crippen LogP contribution in [0.15, 0.2) is 6.07 Å². The highest BCUT2D eigenvalue weighted by Gasteiger charge is 2.27. The zero-order valence-electron chi connectivity index (χ0n) is 6.94. The van der Waals surface area contributed by atoms with Crippen molar-refractivity contribution in [3.8, 4) is 0 Å². The number of hydrogen-bond donors (Lipinski definition) is 2. The summed E-state index contributed by atoms with van der Waals surface area (Å²) < 4.78 is 1.53. The van der Waals surface area contributed by atoms with Gasteiger partial charge in [-0.25, -0.2) is 0 Å². The first-order valence-electron chi connectivity index (χ1n) is 4.08. The fraction of sp³-hybridized carbons (Fsp3) is 0.625. The smallest absolute Gasteiger partial charge is 0.195 e. The Labute approximate surface area is 70.4 Å². The first-order chi connectivity index (χ1) is 5.68. The topological polar surface area (TPSA) is 58.3 Å². The van der Waals surface area contributed by atoms with Crippen molar-refractivity contribution in [1.82, 2.24) is 9.78 Å². The molecule has 12 heavy (non-hydrogen) atoms. The SMILES string of the molecule is Cn1nc(C2CC2)cc1C(O)O. The van der Waals surface area contributed by atoms with Crippen molar-refractivity contribution in [3.63, 3.8) is 0 Å². The van der Waals surface area contributed by atoms with Gasteiger partial charge in [-0.15, -0.1) is 0 Å². The lowest BCUT2D eigenvalue weighted by Gasteiger charge is -2.01. The molecule has 0 atom stereocenters. The van der Waals surface area contributed by atoms with Crippen LogP contribution in [0, 0.1) is 0 Å². The second kappa shape index (κ2) is 2.57. The fourth-order valence-electron chi connectivity index (χ4n) is 1.32. The Morgan fingerprint density at radius 2 is 2.25 bits per heavy atom. The molecular formula is C8H12N2O2. The van der Waals surface area contributed by atoms with Crippen LogP contribution in [0.5, 0.6) is 0 Å². The Morgan fingerprint density at radius 3 is 2.67 bits per heavy atom. The molecular weight excluding hydrogens is 156 g/mol. The number of rotatable bonds is 2. The summed E-state index contributed by atoms with van der Waals surface area (Å²) in [7, 11) is 1.72. The highest BCUT2D eigenvalue weighted by molar-refractivity contribution is 5.18.